The quantitative estimate of drug-likeness (QED) is 0.563. The molecule has 0 bridgehead atoms. The molecule has 0 aromatic heterocycles. The Kier molecular flexibility index (Phi) is 5.52. The maximum absolute atomic E-state index is 11.5. The van der Waals surface area contributed by atoms with Crippen molar-refractivity contribution in [3.05, 3.63) is 23.8 Å². The maximum Gasteiger partial charge on any atom is 0.339 e. The van der Waals surface area contributed by atoms with E-state index in [2.05, 4.69) is 5.32 Å². The van der Waals surface area contributed by atoms with Gasteiger partial charge in [0.15, 0.2) is 0 Å². The minimum absolute atomic E-state index is 0.0153. The average Bonchev–Trinajstić information content (AvgIpc) is 2.34. The SMILES string of the molecule is O=C(O)CCCCC(=O)Nc1ccc(C(=O)O)c(O)c1. The third-order valence-electron chi connectivity index (χ3n) is 2.56. The lowest BCUT2D eigenvalue weighted by Gasteiger charge is -2.06. The van der Waals surface area contributed by atoms with E-state index in [-0.39, 0.29) is 30.0 Å². The molecule has 7 nitrogen and oxygen atoms in total. The Labute approximate surface area is 114 Å². The van der Waals surface area contributed by atoms with Crippen molar-refractivity contribution >= 4 is 23.5 Å². The Bertz CT molecular complexity index is 526. The number of phenols is 1. The van der Waals surface area contributed by atoms with Gasteiger partial charge in [-0.2, -0.15) is 0 Å². The van der Waals surface area contributed by atoms with Gasteiger partial charge in [-0.25, -0.2) is 4.79 Å². The fourth-order valence-corrected chi connectivity index (χ4v) is 1.58. The summed E-state index contributed by atoms with van der Waals surface area (Å²) in [5.74, 6) is -2.91. The predicted octanol–water partition coefficient (Wildman–Crippen LogP) is 1.67. The van der Waals surface area contributed by atoms with E-state index in [0.29, 0.717) is 12.8 Å². The van der Waals surface area contributed by atoms with E-state index >= 15 is 0 Å². The van der Waals surface area contributed by atoms with Gasteiger partial charge in [0, 0.05) is 24.6 Å². The second-order valence-corrected chi connectivity index (χ2v) is 4.19. The largest absolute Gasteiger partial charge is 0.507 e. The first kappa shape index (κ1) is 15.5. The summed E-state index contributed by atoms with van der Waals surface area (Å²) >= 11 is 0. The summed E-state index contributed by atoms with van der Waals surface area (Å²) in [6.45, 7) is 0. The third kappa shape index (κ3) is 4.97. The van der Waals surface area contributed by atoms with Crippen molar-refractivity contribution in [2.45, 2.75) is 25.7 Å². The molecule has 0 saturated carbocycles. The first-order valence-corrected chi connectivity index (χ1v) is 5.98. The average molecular weight is 281 g/mol. The van der Waals surface area contributed by atoms with Crippen LogP contribution in [0, 0.1) is 0 Å². The minimum atomic E-state index is -1.26. The summed E-state index contributed by atoms with van der Waals surface area (Å²) < 4.78 is 0. The molecular weight excluding hydrogens is 266 g/mol. The van der Waals surface area contributed by atoms with Crippen LogP contribution in [0.15, 0.2) is 18.2 Å². The summed E-state index contributed by atoms with van der Waals surface area (Å²) in [6, 6.07) is 3.72. The molecule has 0 atom stereocenters. The second kappa shape index (κ2) is 7.13. The predicted molar refractivity (Wildman–Crippen MR) is 69.8 cm³/mol. The number of carboxylic acid groups (broad SMARTS) is 2. The molecule has 1 amide bonds. The van der Waals surface area contributed by atoms with Crippen molar-refractivity contribution in [1.82, 2.24) is 0 Å². The lowest BCUT2D eigenvalue weighted by atomic mass is 10.1. The van der Waals surface area contributed by atoms with Crippen LogP contribution in [0.25, 0.3) is 0 Å². The molecule has 7 heteroatoms. The first-order valence-electron chi connectivity index (χ1n) is 5.98. The van der Waals surface area contributed by atoms with Crippen molar-refractivity contribution in [3.63, 3.8) is 0 Å². The zero-order chi connectivity index (χ0) is 15.1. The lowest BCUT2D eigenvalue weighted by molar-refractivity contribution is -0.137. The molecular formula is C13H15NO6. The Hall–Kier alpha value is -2.57. The summed E-state index contributed by atoms with van der Waals surface area (Å²) in [5.41, 5.74) is 0.0418. The zero-order valence-electron chi connectivity index (χ0n) is 10.6. The third-order valence-corrected chi connectivity index (χ3v) is 2.56. The van der Waals surface area contributed by atoms with Crippen LogP contribution >= 0.6 is 0 Å². The van der Waals surface area contributed by atoms with Crippen molar-refractivity contribution in [1.29, 1.82) is 0 Å². The highest BCUT2D eigenvalue weighted by Gasteiger charge is 2.11. The van der Waals surface area contributed by atoms with E-state index in [1.807, 2.05) is 0 Å². The molecule has 0 aliphatic heterocycles. The van der Waals surface area contributed by atoms with Crippen molar-refractivity contribution in [2.24, 2.45) is 0 Å². The number of aliphatic carboxylic acids is 1. The maximum atomic E-state index is 11.5. The minimum Gasteiger partial charge on any atom is -0.507 e. The molecule has 0 unspecified atom stereocenters. The van der Waals surface area contributed by atoms with Gasteiger partial charge < -0.3 is 20.6 Å². The summed E-state index contributed by atoms with van der Waals surface area (Å²) in [5, 5.41) is 29.1. The van der Waals surface area contributed by atoms with Gasteiger partial charge in [0.2, 0.25) is 5.91 Å². The van der Waals surface area contributed by atoms with Gasteiger partial charge in [0.05, 0.1) is 0 Å². The molecule has 1 rings (SSSR count). The number of carbonyl (C=O) groups excluding carboxylic acids is 1. The molecule has 20 heavy (non-hydrogen) atoms. The number of unbranched alkanes of at least 4 members (excludes halogenated alkanes) is 1. The summed E-state index contributed by atoms with van der Waals surface area (Å²) in [7, 11) is 0. The van der Waals surface area contributed by atoms with E-state index in [1.54, 1.807) is 0 Å². The monoisotopic (exact) mass is 281 g/mol. The molecule has 1 aromatic rings. The fraction of sp³-hybridized carbons (Fsp3) is 0.308. The van der Waals surface area contributed by atoms with Gasteiger partial charge in [-0.3, -0.25) is 9.59 Å². The molecule has 108 valence electrons. The highest BCUT2D eigenvalue weighted by atomic mass is 16.4. The molecule has 4 N–H and O–H groups in total. The number of carbonyl (C=O) groups is 3. The van der Waals surface area contributed by atoms with Crippen LogP contribution in [0.5, 0.6) is 5.75 Å². The van der Waals surface area contributed by atoms with E-state index in [4.69, 9.17) is 10.2 Å². The number of benzene rings is 1. The molecule has 0 aliphatic rings. The Morgan fingerprint density at radius 3 is 2.25 bits per heavy atom. The fourth-order valence-electron chi connectivity index (χ4n) is 1.58. The van der Waals surface area contributed by atoms with Crippen LogP contribution in [-0.4, -0.2) is 33.2 Å². The van der Waals surface area contributed by atoms with Crippen LogP contribution in [0.3, 0.4) is 0 Å². The first-order chi connectivity index (χ1) is 9.40. The van der Waals surface area contributed by atoms with Crippen molar-refractivity contribution < 1.29 is 29.7 Å². The highest BCUT2D eigenvalue weighted by Crippen LogP contribution is 2.22. The van der Waals surface area contributed by atoms with Crippen LogP contribution in [-0.2, 0) is 9.59 Å². The number of hydrogen-bond donors (Lipinski definition) is 4. The molecule has 0 spiro atoms. The second-order valence-electron chi connectivity index (χ2n) is 4.19. The van der Waals surface area contributed by atoms with Crippen molar-refractivity contribution in [3.8, 4) is 5.75 Å². The lowest BCUT2D eigenvalue weighted by Crippen LogP contribution is -2.11. The van der Waals surface area contributed by atoms with E-state index in [0.717, 1.165) is 6.07 Å². The number of carboxylic acids is 2. The molecule has 0 heterocycles. The molecule has 0 fully saturated rings. The zero-order valence-corrected chi connectivity index (χ0v) is 10.6. The number of anilines is 1. The number of rotatable bonds is 7. The van der Waals surface area contributed by atoms with Gasteiger partial charge in [-0.05, 0) is 25.0 Å². The van der Waals surface area contributed by atoms with Gasteiger partial charge in [0.25, 0.3) is 0 Å². The number of amides is 1. The standard InChI is InChI=1S/C13H15NO6/c15-10-7-8(5-6-9(10)13(19)20)14-11(16)3-1-2-4-12(17)18/h5-7,15H,1-4H2,(H,14,16)(H,17,18)(H,19,20). The van der Waals surface area contributed by atoms with E-state index < -0.39 is 17.7 Å². The highest BCUT2D eigenvalue weighted by molar-refractivity contribution is 5.94. The van der Waals surface area contributed by atoms with Gasteiger partial charge in [0.1, 0.15) is 11.3 Å². The summed E-state index contributed by atoms with van der Waals surface area (Å²) in [4.78, 5) is 32.5. The molecule has 0 aliphatic carbocycles. The van der Waals surface area contributed by atoms with Gasteiger partial charge in [-0.15, -0.1) is 0 Å². The Morgan fingerprint density at radius 2 is 1.70 bits per heavy atom. The Balaban J connectivity index is 2.48. The van der Waals surface area contributed by atoms with Gasteiger partial charge in [-0.1, -0.05) is 0 Å². The van der Waals surface area contributed by atoms with Gasteiger partial charge >= 0.3 is 11.9 Å². The van der Waals surface area contributed by atoms with Crippen molar-refractivity contribution in [2.75, 3.05) is 5.32 Å². The van der Waals surface area contributed by atoms with Crippen LogP contribution < -0.4 is 5.32 Å². The number of hydrogen-bond acceptors (Lipinski definition) is 4. The number of aromatic hydroxyl groups is 1. The molecule has 1 aromatic carbocycles. The number of nitrogens with one attached hydrogen (secondary N) is 1. The van der Waals surface area contributed by atoms with E-state index in [1.165, 1.54) is 12.1 Å². The van der Waals surface area contributed by atoms with E-state index in [9.17, 15) is 19.5 Å². The number of aromatic carboxylic acids is 1. The Morgan fingerprint density at radius 1 is 1.05 bits per heavy atom. The summed E-state index contributed by atoms with van der Waals surface area (Å²) in [6.07, 6.45) is 1.03. The normalized spacial score (nSPS) is 10.0. The topological polar surface area (TPSA) is 124 Å². The molecule has 0 saturated heterocycles. The smallest absolute Gasteiger partial charge is 0.339 e. The van der Waals surface area contributed by atoms with Crippen LogP contribution in [0.1, 0.15) is 36.0 Å². The van der Waals surface area contributed by atoms with Crippen LogP contribution in [0.2, 0.25) is 0 Å². The molecule has 0 radical (unpaired) electrons. The van der Waals surface area contributed by atoms with Crippen LogP contribution in [0.4, 0.5) is 5.69 Å².